The second-order valence-electron chi connectivity index (χ2n) is 3.43. The van der Waals surface area contributed by atoms with Crippen LogP contribution in [-0.2, 0) is 11.3 Å². The number of para-hydroxylation sites is 1. The summed E-state index contributed by atoms with van der Waals surface area (Å²) in [5.41, 5.74) is 1.06. The van der Waals surface area contributed by atoms with E-state index in [0.717, 1.165) is 11.3 Å². The lowest BCUT2D eigenvalue weighted by Crippen LogP contribution is -2.33. The Hall–Kier alpha value is -1.16. The first-order valence-corrected chi connectivity index (χ1v) is 5.54. The van der Waals surface area contributed by atoms with E-state index in [4.69, 9.17) is 4.74 Å². The minimum absolute atomic E-state index is 0.0543. The maximum atomic E-state index is 11.5. The third-order valence-electron chi connectivity index (χ3n) is 2.44. The molecule has 0 atom stereocenters. The summed E-state index contributed by atoms with van der Waals surface area (Å²) in [5, 5.41) is 0. The Morgan fingerprint density at radius 3 is 3.07 bits per heavy atom. The average molecular weight is 223 g/mol. The lowest BCUT2D eigenvalue weighted by molar-refractivity contribution is -0.129. The van der Waals surface area contributed by atoms with Crippen LogP contribution in [0.25, 0.3) is 0 Å². The van der Waals surface area contributed by atoms with Crippen molar-refractivity contribution in [1.82, 2.24) is 4.90 Å². The Morgan fingerprint density at radius 2 is 2.27 bits per heavy atom. The summed E-state index contributed by atoms with van der Waals surface area (Å²) in [6.45, 7) is 1.81. The van der Waals surface area contributed by atoms with Crippen LogP contribution in [0.5, 0.6) is 5.75 Å². The first-order chi connectivity index (χ1) is 7.31. The van der Waals surface area contributed by atoms with Gasteiger partial charge in [0.2, 0.25) is 5.91 Å². The SMILES string of the molecule is O=C(CS)N1CCOc2ccccc2C1. The standard InChI is InChI=1S/C11H13NO2S/c13-11(8-15)12-5-6-14-10-4-2-1-3-9(10)7-12/h1-4,15H,5-8H2. The van der Waals surface area contributed by atoms with Gasteiger partial charge in [0, 0.05) is 12.1 Å². The van der Waals surface area contributed by atoms with Crippen LogP contribution in [-0.4, -0.2) is 29.7 Å². The Bertz CT molecular complexity index is 367. The molecule has 1 aromatic carbocycles. The summed E-state index contributed by atoms with van der Waals surface area (Å²) in [6.07, 6.45) is 0. The van der Waals surface area contributed by atoms with Gasteiger partial charge in [0.1, 0.15) is 12.4 Å². The van der Waals surface area contributed by atoms with E-state index in [1.165, 1.54) is 0 Å². The van der Waals surface area contributed by atoms with E-state index in [2.05, 4.69) is 12.6 Å². The molecule has 0 radical (unpaired) electrons. The molecule has 1 aliphatic heterocycles. The molecule has 2 rings (SSSR count). The predicted molar refractivity (Wildman–Crippen MR) is 61.2 cm³/mol. The molecule has 0 aliphatic carbocycles. The van der Waals surface area contributed by atoms with Gasteiger partial charge < -0.3 is 9.64 Å². The molecule has 1 aromatic rings. The first-order valence-electron chi connectivity index (χ1n) is 4.90. The van der Waals surface area contributed by atoms with Gasteiger partial charge in [0.05, 0.1) is 12.3 Å². The molecule has 0 fully saturated rings. The highest BCUT2D eigenvalue weighted by atomic mass is 32.1. The average Bonchev–Trinajstić information content (AvgIpc) is 2.49. The highest BCUT2D eigenvalue weighted by molar-refractivity contribution is 7.81. The van der Waals surface area contributed by atoms with Gasteiger partial charge in [-0.15, -0.1) is 0 Å². The number of nitrogens with zero attached hydrogens (tertiary/aromatic N) is 1. The molecule has 0 spiro atoms. The van der Waals surface area contributed by atoms with Crippen molar-refractivity contribution in [2.24, 2.45) is 0 Å². The van der Waals surface area contributed by atoms with Crippen molar-refractivity contribution < 1.29 is 9.53 Å². The van der Waals surface area contributed by atoms with Crippen molar-refractivity contribution in [3.8, 4) is 5.75 Å². The van der Waals surface area contributed by atoms with Gasteiger partial charge in [0.15, 0.2) is 0 Å². The number of carbonyl (C=O) groups excluding carboxylic acids is 1. The van der Waals surface area contributed by atoms with Gasteiger partial charge in [0.25, 0.3) is 0 Å². The normalized spacial score (nSPS) is 15.1. The molecular formula is C11H13NO2S. The molecule has 0 saturated carbocycles. The summed E-state index contributed by atoms with van der Waals surface area (Å²) in [7, 11) is 0. The van der Waals surface area contributed by atoms with Crippen molar-refractivity contribution in [3.05, 3.63) is 29.8 Å². The summed E-state index contributed by atoms with van der Waals surface area (Å²) >= 11 is 4.00. The van der Waals surface area contributed by atoms with E-state index in [-0.39, 0.29) is 11.7 Å². The van der Waals surface area contributed by atoms with Crippen LogP contribution in [0.1, 0.15) is 5.56 Å². The van der Waals surface area contributed by atoms with Crippen LogP contribution in [0.2, 0.25) is 0 Å². The van der Waals surface area contributed by atoms with Crippen molar-refractivity contribution in [3.63, 3.8) is 0 Å². The number of amides is 1. The largest absolute Gasteiger partial charge is 0.491 e. The van der Waals surface area contributed by atoms with E-state index >= 15 is 0 Å². The van der Waals surface area contributed by atoms with Crippen LogP contribution in [0.3, 0.4) is 0 Å². The van der Waals surface area contributed by atoms with Gasteiger partial charge in [-0.2, -0.15) is 12.6 Å². The second kappa shape index (κ2) is 4.57. The van der Waals surface area contributed by atoms with E-state index < -0.39 is 0 Å². The number of benzene rings is 1. The molecule has 80 valence electrons. The van der Waals surface area contributed by atoms with Crippen molar-refractivity contribution in [2.75, 3.05) is 18.9 Å². The molecule has 0 N–H and O–H groups in total. The molecule has 15 heavy (non-hydrogen) atoms. The molecule has 0 unspecified atom stereocenters. The summed E-state index contributed by atoms with van der Waals surface area (Å²) in [4.78, 5) is 13.3. The summed E-state index contributed by atoms with van der Waals surface area (Å²) in [5.74, 6) is 1.19. The lowest BCUT2D eigenvalue weighted by atomic mass is 10.2. The van der Waals surface area contributed by atoms with Gasteiger partial charge in [-0.05, 0) is 6.07 Å². The quantitative estimate of drug-likeness (QED) is 0.728. The van der Waals surface area contributed by atoms with Crippen LogP contribution >= 0.6 is 12.6 Å². The number of hydrogen-bond donors (Lipinski definition) is 1. The molecule has 0 saturated heterocycles. The fourth-order valence-corrected chi connectivity index (χ4v) is 1.84. The Morgan fingerprint density at radius 1 is 1.47 bits per heavy atom. The molecule has 1 amide bonds. The highest BCUT2D eigenvalue weighted by Gasteiger charge is 2.17. The van der Waals surface area contributed by atoms with Crippen molar-refractivity contribution >= 4 is 18.5 Å². The molecule has 4 heteroatoms. The van der Waals surface area contributed by atoms with Crippen molar-refractivity contribution in [2.45, 2.75) is 6.54 Å². The zero-order valence-electron chi connectivity index (χ0n) is 8.35. The minimum atomic E-state index is 0.0543. The zero-order chi connectivity index (χ0) is 10.7. The number of carbonyl (C=O) groups is 1. The summed E-state index contributed by atoms with van der Waals surface area (Å²) < 4.78 is 5.55. The maximum absolute atomic E-state index is 11.5. The number of ether oxygens (including phenoxy) is 1. The van der Waals surface area contributed by atoms with Gasteiger partial charge >= 0.3 is 0 Å². The van der Waals surface area contributed by atoms with Crippen LogP contribution in [0.15, 0.2) is 24.3 Å². The minimum Gasteiger partial charge on any atom is -0.491 e. The Kier molecular flexibility index (Phi) is 3.16. The highest BCUT2D eigenvalue weighted by Crippen LogP contribution is 2.22. The van der Waals surface area contributed by atoms with E-state index in [1.54, 1.807) is 4.90 Å². The van der Waals surface area contributed by atoms with E-state index in [9.17, 15) is 4.79 Å². The molecule has 3 nitrogen and oxygen atoms in total. The molecular weight excluding hydrogens is 210 g/mol. The van der Waals surface area contributed by atoms with Gasteiger partial charge in [-0.25, -0.2) is 0 Å². The monoisotopic (exact) mass is 223 g/mol. The predicted octanol–water partition coefficient (Wildman–Crippen LogP) is 1.34. The number of hydrogen-bond acceptors (Lipinski definition) is 3. The Labute approximate surface area is 94.4 Å². The van der Waals surface area contributed by atoms with Crippen LogP contribution < -0.4 is 4.74 Å². The second-order valence-corrected chi connectivity index (χ2v) is 3.75. The first kappa shape index (κ1) is 10.4. The Balaban J connectivity index is 2.21. The molecule has 1 heterocycles. The summed E-state index contributed by atoms with van der Waals surface area (Å²) in [6, 6.07) is 7.81. The van der Waals surface area contributed by atoms with Crippen LogP contribution in [0, 0.1) is 0 Å². The number of fused-ring (bicyclic) bond motifs is 1. The smallest absolute Gasteiger partial charge is 0.232 e. The third kappa shape index (κ3) is 2.26. The lowest BCUT2D eigenvalue weighted by Gasteiger charge is -2.18. The maximum Gasteiger partial charge on any atom is 0.232 e. The number of rotatable bonds is 1. The van der Waals surface area contributed by atoms with Crippen molar-refractivity contribution in [1.29, 1.82) is 0 Å². The van der Waals surface area contributed by atoms with E-state index in [0.29, 0.717) is 19.7 Å². The van der Waals surface area contributed by atoms with Gasteiger partial charge in [-0.1, -0.05) is 18.2 Å². The van der Waals surface area contributed by atoms with Crippen LogP contribution in [0.4, 0.5) is 0 Å². The molecule has 0 aromatic heterocycles. The molecule has 0 bridgehead atoms. The molecule has 1 aliphatic rings. The fourth-order valence-electron chi connectivity index (χ4n) is 1.64. The zero-order valence-corrected chi connectivity index (χ0v) is 9.24. The number of thiol groups is 1. The van der Waals surface area contributed by atoms with E-state index in [1.807, 2.05) is 24.3 Å². The fraction of sp³-hybridized carbons (Fsp3) is 0.364. The topological polar surface area (TPSA) is 29.5 Å². The van der Waals surface area contributed by atoms with Gasteiger partial charge in [-0.3, -0.25) is 4.79 Å². The third-order valence-corrected chi connectivity index (χ3v) is 2.71.